The summed E-state index contributed by atoms with van der Waals surface area (Å²) in [6.07, 6.45) is 5.97. The van der Waals surface area contributed by atoms with Crippen LogP contribution in [0.3, 0.4) is 0 Å². The molecule has 0 radical (unpaired) electrons. The van der Waals surface area contributed by atoms with Gasteiger partial charge in [0.1, 0.15) is 12.5 Å². The first kappa shape index (κ1) is 10.4. The highest BCUT2D eigenvalue weighted by Crippen LogP contribution is 2.14. The van der Waals surface area contributed by atoms with Gasteiger partial charge < -0.3 is 14.7 Å². The monoisotopic (exact) mass is 210 g/mol. The molecule has 2 rings (SSSR count). The zero-order valence-corrected chi connectivity index (χ0v) is 9.15. The van der Waals surface area contributed by atoms with Crippen LogP contribution in [0.5, 0.6) is 0 Å². The van der Waals surface area contributed by atoms with Crippen LogP contribution in [-0.2, 0) is 4.74 Å². The van der Waals surface area contributed by atoms with E-state index in [2.05, 4.69) is 4.90 Å². The predicted octanol–water partition coefficient (Wildman–Crippen LogP) is 1.29. The highest BCUT2D eigenvalue weighted by molar-refractivity contribution is 5.18. The van der Waals surface area contributed by atoms with Crippen molar-refractivity contribution < 1.29 is 9.84 Å². The standard InChI is InChI=1S/C11H18N2O2/c1-12-7-4-10(14)8-11(12)15-9-13-5-2-3-6-13/h4,8,14H,2-3,5-7,9H2,1H3. The number of ether oxygens (including phenoxy) is 1. The minimum atomic E-state index is 0.296. The number of likely N-dealkylation sites (tertiary alicyclic amines) is 1. The molecule has 0 bridgehead atoms. The van der Waals surface area contributed by atoms with Gasteiger partial charge in [-0.2, -0.15) is 0 Å². The van der Waals surface area contributed by atoms with Gasteiger partial charge in [-0.15, -0.1) is 0 Å². The van der Waals surface area contributed by atoms with E-state index in [-0.39, 0.29) is 0 Å². The number of nitrogens with zero attached hydrogens (tertiary/aromatic N) is 2. The van der Waals surface area contributed by atoms with Crippen molar-refractivity contribution >= 4 is 0 Å². The van der Waals surface area contributed by atoms with Gasteiger partial charge >= 0.3 is 0 Å². The Labute approximate surface area is 90.4 Å². The van der Waals surface area contributed by atoms with E-state index < -0.39 is 0 Å². The molecule has 1 saturated heterocycles. The third-order valence-electron chi connectivity index (χ3n) is 2.82. The summed E-state index contributed by atoms with van der Waals surface area (Å²) in [6.45, 7) is 3.58. The molecule has 4 nitrogen and oxygen atoms in total. The van der Waals surface area contributed by atoms with E-state index in [9.17, 15) is 5.11 Å². The second-order valence-corrected chi connectivity index (χ2v) is 4.09. The van der Waals surface area contributed by atoms with Gasteiger partial charge in [-0.1, -0.05) is 0 Å². The summed E-state index contributed by atoms with van der Waals surface area (Å²) in [7, 11) is 1.96. The molecule has 2 aliphatic rings. The highest BCUT2D eigenvalue weighted by Gasteiger charge is 2.15. The second kappa shape index (κ2) is 4.57. The first-order valence-electron chi connectivity index (χ1n) is 5.43. The van der Waals surface area contributed by atoms with E-state index in [0.717, 1.165) is 19.0 Å². The molecule has 0 unspecified atom stereocenters. The lowest BCUT2D eigenvalue weighted by molar-refractivity contribution is 0.0483. The summed E-state index contributed by atoms with van der Waals surface area (Å²) in [5.74, 6) is 1.05. The predicted molar refractivity (Wildman–Crippen MR) is 58.2 cm³/mol. The van der Waals surface area contributed by atoms with Crippen molar-refractivity contribution in [1.29, 1.82) is 0 Å². The Hall–Kier alpha value is -1.16. The third kappa shape index (κ3) is 2.65. The van der Waals surface area contributed by atoms with Crippen molar-refractivity contribution in [2.75, 3.05) is 33.4 Å². The van der Waals surface area contributed by atoms with Gasteiger partial charge in [0.05, 0.1) is 0 Å². The number of allylic oxidation sites excluding steroid dienone is 1. The maximum atomic E-state index is 9.35. The van der Waals surface area contributed by atoms with Crippen LogP contribution < -0.4 is 0 Å². The number of hydrogen-bond donors (Lipinski definition) is 1. The van der Waals surface area contributed by atoms with Crippen LogP contribution in [-0.4, -0.2) is 48.3 Å². The Morgan fingerprint density at radius 2 is 2.13 bits per heavy atom. The van der Waals surface area contributed by atoms with Gasteiger partial charge in [0.15, 0.2) is 5.88 Å². The molecule has 15 heavy (non-hydrogen) atoms. The Bertz CT molecular complexity index is 280. The summed E-state index contributed by atoms with van der Waals surface area (Å²) >= 11 is 0. The lowest BCUT2D eigenvalue weighted by Crippen LogP contribution is -2.28. The molecule has 2 aliphatic heterocycles. The van der Waals surface area contributed by atoms with Crippen LogP contribution in [0, 0.1) is 0 Å². The molecule has 0 aromatic carbocycles. The molecule has 0 spiro atoms. The quantitative estimate of drug-likeness (QED) is 0.761. The fourth-order valence-electron chi connectivity index (χ4n) is 1.84. The maximum Gasteiger partial charge on any atom is 0.194 e. The van der Waals surface area contributed by atoms with Crippen molar-refractivity contribution in [2.45, 2.75) is 12.8 Å². The minimum absolute atomic E-state index is 0.296. The summed E-state index contributed by atoms with van der Waals surface area (Å²) in [5.41, 5.74) is 0. The number of aliphatic hydroxyl groups is 1. The molecule has 2 heterocycles. The summed E-state index contributed by atoms with van der Waals surface area (Å²) < 4.78 is 5.66. The molecule has 0 aromatic heterocycles. The van der Waals surface area contributed by atoms with Crippen LogP contribution in [0.15, 0.2) is 23.8 Å². The molecule has 1 fully saturated rings. The van der Waals surface area contributed by atoms with Crippen LogP contribution >= 0.6 is 0 Å². The van der Waals surface area contributed by atoms with Gasteiger partial charge in [-0.05, 0) is 18.9 Å². The summed E-state index contributed by atoms with van der Waals surface area (Å²) in [6, 6.07) is 0. The van der Waals surface area contributed by atoms with Gasteiger partial charge in [0.25, 0.3) is 0 Å². The fourth-order valence-corrected chi connectivity index (χ4v) is 1.84. The molecule has 0 aromatic rings. The van der Waals surface area contributed by atoms with Gasteiger partial charge in [-0.25, -0.2) is 0 Å². The third-order valence-corrected chi connectivity index (χ3v) is 2.82. The molecule has 84 valence electrons. The average molecular weight is 210 g/mol. The summed E-state index contributed by atoms with van der Waals surface area (Å²) in [5, 5.41) is 9.35. The Morgan fingerprint density at radius 1 is 1.40 bits per heavy atom. The SMILES string of the molecule is CN1CC=C(O)C=C1OCN1CCCC1. The van der Waals surface area contributed by atoms with E-state index in [1.54, 1.807) is 12.2 Å². The first-order valence-corrected chi connectivity index (χ1v) is 5.43. The maximum absolute atomic E-state index is 9.35. The van der Waals surface area contributed by atoms with Crippen molar-refractivity contribution in [2.24, 2.45) is 0 Å². The largest absolute Gasteiger partial charge is 0.508 e. The first-order chi connectivity index (χ1) is 7.25. The van der Waals surface area contributed by atoms with E-state index in [1.807, 2.05) is 11.9 Å². The van der Waals surface area contributed by atoms with E-state index >= 15 is 0 Å². The van der Waals surface area contributed by atoms with Gasteiger partial charge in [0.2, 0.25) is 0 Å². The molecular weight excluding hydrogens is 192 g/mol. The molecule has 4 heteroatoms. The highest BCUT2D eigenvalue weighted by atomic mass is 16.5. The average Bonchev–Trinajstić information content (AvgIpc) is 2.72. The fraction of sp³-hybridized carbons (Fsp3) is 0.636. The van der Waals surface area contributed by atoms with Crippen LogP contribution in [0.25, 0.3) is 0 Å². The normalized spacial score (nSPS) is 22.6. The van der Waals surface area contributed by atoms with Crippen LogP contribution in [0.2, 0.25) is 0 Å². The van der Waals surface area contributed by atoms with E-state index in [4.69, 9.17) is 4.74 Å². The van der Waals surface area contributed by atoms with Gasteiger partial charge in [-0.3, -0.25) is 4.90 Å². The molecule has 0 amide bonds. The van der Waals surface area contributed by atoms with Crippen LogP contribution in [0.1, 0.15) is 12.8 Å². The Kier molecular flexibility index (Phi) is 3.16. The Morgan fingerprint density at radius 3 is 2.87 bits per heavy atom. The summed E-state index contributed by atoms with van der Waals surface area (Å²) in [4.78, 5) is 4.26. The molecular formula is C11H18N2O2. The number of rotatable bonds is 3. The lowest BCUT2D eigenvalue weighted by Gasteiger charge is -2.26. The lowest BCUT2D eigenvalue weighted by atomic mass is 10.3. The topological polar surface area (TPSA) is 35.9 Å². The van der Waals surface area contributed by atoms with Crippen molar-refractivity contribution in [1.82, 2.24) is 9.80 Å². The molecule has 1 N–H and O–H groups in total. The van der Waals surface area contributed by atoms with E-state index in [1.165, 1.54) is 12.8 Å². The second-order valence-electron chi connectivity index (χ2n) is 4.09. The van der Waals surface area contributed by atoms with Crippen molar-refractivity contribution in [3.05, 3.63) is 23.8 Å². The van der Waals surface area contributed by atoms with Crippen molar-refractivity contribution in [3.63, 3.8) is 0 Å². The Balaban J connectivity index is 1.84. The minimum Gasteiger partial charge on any atom is -0.508 e. The number of aliphatic hydroxyl groups excluding tert-OH is 1. The zero-order valence-electron chi connectivity index (χ0n) is 9.15. The van der Waals surface area contributed by atoms with E-state index in [0.29, 0.717) is 19.0 Å². The zero-order chi connectivity index (χ0) is 10.7. The number of likely N-dealkylation sites (N-methyl/N-ethyl adjacent to an activating group) is 1. The van der Waals surface area contributed by atoms with Crippen molar-refractivity contribution in [3.8, 4) is 0 Å². The van der Waals surface area contributed by atoms with Crippen LogP contribution in [0.4, 0.5) is 0 Å². The molecule has 0 saturated carbocycles. The molecule has 0 atom stereocenters. The van der Waals surface area contributed by atoms with Gasteiger partial charge in [0, 0.05) is 32.8 Å². The smallest absolute Gasteiger partial charge is 0.194 e. The number of hydrogen-bond acceptors (Lipinski definition) is 4. The molecule has 0 aliphatic carbocycles.